The van der Waals surface area contributed by atoms with E-state index in [0.29, 0.717) is 13.0 Å². The number of methoxy groups -OCH3 is 1. The third-order valence-electron chi connectivity index (χ3n) is 5.27. The number of anilines is 1. The third kappa shape index (κ3) is 5.72. The fraction of sp³-hybridized carbons (Fsp3) is 0.650. The Bertz CT molecular complexity index is 532. The van der Waals surface area contributed by atoms with E-state index in [-0.39, 0.29) is 5.91 Å². The second kappa shape index (κ2) is 9.20. The van der Waals surface area contributed by atoms with E-state index in [0.717, 1.165) is 23.9 Å². The van der Waals surface area contributed by atoms with Crippen molar-refractivity contribution < 1.29 is 14.3 Å². The molecule has 5 nitrogen and oxygen atoms in total. The maximum Gasteiger partial charge on any atom is 0.256 e. The van der Waals surface area contributed by atoms with Crippen molar-refractivity contribution in [3.8, 4) is 5.75 Å². The van der Waals surface area contributed by atoms with E-state index in [1.54, 1.807) is 14.0 Å². The number of rotatable bonds is 8. The van der Waals surface area contributed by atoms with Crippen molar-refractivity contribution in [2.75, 3.05) is 38.7 Å². The Morgan fingerprint density at radius 1 is 1.28 bits per heavy atom. The van der Waals surface area contributed by atoms with Crippen molar-refractivity contribution in [1.29, 1.82) is 0 Å². The molecule has 1 aromatic carbocycles. The van der Waals surface area contributed by atoms with Gasteiger partial charge in [0.1, 0.15) is 18.0 Å². The average Bonchev–Trinajstić information content (AvgIpc) is 2.64. The molecule has 0 aliphatic carbocycles. The summed E-state index contributed by atoms with van der Waals surface area (Å²) < 4.78 is 11.1. The number of amides is 1. The Kier molecular flexibility index (Phi) is 7.26. The van der Waals surface area contributed by atoms with E-state index < -0.39 is 5.60 Å². The van der Waals surface area contributed by atoms with Gasteiger partial charge in [0.25, 0.3) is 5.91 Å². The van der Waals surface area contributed by atoms with Gasteiger partial charge in [-0.1, -0.05) is 13.8 Å². The van der Waals surface area contributed by atoms with Gasteiger partial charge in [-0.05, 0) is 69.5 Å². The third-order valence-corrected chi connectivity index (χ3v) is 5.27. The van der Waals surface area contributed by atoms with Gasteiger partial charge in [0, 0.05) is 19.3 Å². The minimum atomic E-state index is -0.804. The van der Waals surface area contributed by atoms with Gasteiger partial charge in [-0.3, -0.25) is 9.69 Å². The SMILES string of the molecule is CCC(C)(OC)C(=O)Nc1ccc(OCCN2CCC(C)CC2)cc1. The van der Waals surface area contributed by atoms with Gasteiger partial charge >= 0.3 is 0 Å². The quantitative estimate of drug-likeness (QED) is 0.780. The fourth-order valence-corrected chi connectivity index (χ4v) is 2.87. The van der Waals surface area contributed by atoms with Gasteiger partial charge in [-0.2, -0.15) is 0 Å². The molecule has 1 N–H and O–H groups in total. The van der Waals surface area contributed by atoms with Gasteiger partial charge in [0.2, 0.25) is 0 Å². The maximum atomic E-state index is 12.3. The van der Waals surface area contributed by atoms with Crippen LogP contribution in [0, 0.1) is 5.92 Å². The van der Waals surface area contributed by atoms with Crippen LogP contribution in [0.4, 0.5) is 5.69 Å². The zero-order chi connectivity index (χ0) is 18.3. The zero-order valence-electron chi connectivity index (χ0n) is 16.0. The molecular weight excluding hydrogens is 316 g/mol. The minimum Gasteiger partial charge on any atom is -0.492 e. The van der Waals surface area contributed by atoms with E-state index >= 15 is 0 Å². The number of hydrogen-bond acceptors (Lipinski definition) is 4. The zero-order valence-corrected chi connectivity index (χ0v) is 16.0. The molecule has 0 spiro atoms. The van der Waals surface area contributed by atoms with Crippen LogP contribution in [-0.4, -0.2) is 49.8 Å². The second-order valence-electron chi connectivity index (χ2n) is 7.14. The molecule has 140 valence electrons. The summed E-state index contributed by atoms with van der Waals surface area (Å²) in [5.41, 5.74) is -0.0553. The van der Waals surface area contributed by atoms with Crippen molar-refractivity contribution in [2.45, 2.75) is 45.6 Å². The van der Waals surface area contributed by atoms with E-state index in [4.69, 9.17) is 9.47 Å². The smallest absolute Gasteiger partial charge is 0.256 e. The lowest BCUT2D eigenvalue weighted by molar-refractivity contribution is -0.136. The summed E-state index contributed by atoms with van der Waals surface area (Å²) in [6.07, 6.45) is 3.19. The number of piperidine rings is 1. The van der Waals surface area contributed by atoms with E-state index in [1.807, 2.05) is 31.2 Å². The lowest BCUT2D eigenvalue weighted by atomic mass is 9.99. The molecule has 1 aromatic rings. The van der Waals surface area contributed by atoms with Crippen molar-refractivity contribution in [2.24, 2.45) is 5.92 Å². The average molecular weight is 348 g/mol. The Balaban J connectivity index is 1.77. The first kappa shape index (κ1) is 19.7. The first-order valence-corrected chi connectivity index (χ1v) is 9.28. The predicted octanol–water partition coefficient (Wildman–Crippen LogP) is 3.55. The largest absolute Gasteiger partial charge is 0.492 e. The van der Waals surface area contributed by atoms with Crippen LogP contribution in [0.1, 0.15) is 40.0 Å². The lowest BCUT2D eigenvalue weighted by Gasteiger charge is -2.29. The van der Waals surface area contributed by atoms with Crippen LogP contribution in [0.3, 0.4) is 0 Å². The van der Waals surface area contributed by atoms with Crippen LogP contribution in [-0.2, 0) is 9.53 Å². The molecule has 1 unspecified atom stereocenters. The van der Waals surface area contributed by atoms with Gasteiger partial charge in [0.15, 0.2) is 0 Å². The van der Waals surface area contributed by atoms with Crippen LogP contribution in [0.15, 0.2) is 24.3 Å². The maximum absolute atomic E-state index is 12.3. The number of benzene rings is 1. The second-order valence-corrected chi connectivity index (χ2v) is 7.14. The summed E-state index contributed by atoms with van der Waals surface area (Å²) in [5, 5.41) is 2.90. The highest BCUT2D eigenvalue weighted by atomic mass is 16.5. The van der Waals surface area contributed by atoms with Crippen LogP contribution in [0.5, 0.6) is 5.75 Å². The minimum absolute atomic E-state index is 0.134. The topological polar surface area (TPSA) is 50.8 Å². The molecule has 1 fully saturated rings. The molecule has 0 saturated carbocycles. The summed E-state index contributed by atoms with van der Waals surface area (Å²) in [4.78, 5) is 14.7. The molecule has 1 aliphatic rings. The molecule has 1 amide bonds. The highest BCUT2D eigenvalue weighted by Crippen LogP contribution is 2.20. The molecule has 1 saturated heterocycles. The van der Waals surface area contributed by atoms with Crippen LogP contribution >= 0.6 is 0 Å². The molecule has 0 bridgehead atoms. The summed E-state index contributed by atoms with van der Waals surface area (Å²) in [7, 11) is 1.56. The predicted molar refractivity (Wildman–Crippen MR) is 101 cm³/mol. The first-order valence-electron chi connectivity index (χ1n) is 9.28. The number of carbonyl (C=O) groups is 1. The number of ether oxygens (including phenoxy) is 2. The number of nitrogens with zero attached hydrogens (tertiary/aromatic N) is 1. The van der Waals surface area contributed by atoms with E-state index in [1.165, 1.54) is 25.9 Å². The van der Waals surface area contributed by atoms with Crippen molar-refractivity contribution >= 4 is 11.6 Å². The summed E-state index contributed by atoms with van der Waals surface area (Å²) in [6.45, 7) is 10.1. The normalized spacial score (nSPS) is 18.6. The molecule has 5 heteroatoms. The first-order chi connectivity index (χ1) is 12.0. The Morgan fingerprint density at radius 3 is 2.48 bits per heavy atom. The Hall–Kier alpha value is -1.59. The molecule has 0 aromatic heterocycles. The molecule has 1 heterocycles. The van der Waals surface area contributed by atoms with Crippen LogP contribution in [0.25, 0.3) is 0 Å². The Labute approximate surface area is 151 Å². The molecular formula is C20H32N2O3. The summed E-state index contributed by atoms with van der Waals surface area (Å²) >= 11 is 0. The number of likely N-dealkylation sites (tertiary alicyclic amines) is 1. The fourth-order valence-electron chi connectivity index (χ4n) is 2.87. The summed E-state index contributed by atoms with van der Waals surface area (Å²) in [6, 6.07) is 7.51. The van der Waals surface area contributed by atoms with Gasteiger partial charge < -0.3 is 14.8 Å². The van der Waals surface area contributed by atoms with Crippen LogP contribution < -0.4 is 10.1 Å². The van der Waals surface area contributed by atoms with E-state index in [2.05, 4.69) is 17.1 Å². The molecule has 1 aliphatic heterocycles. The van der Waals surface area contributed by atoms with Gasteiger partial charge in [0.05, 0.1) is 0 Å². The van der Waals surface area contributed by atoms with E-state index in [9.17, 15) is 4.79 Å². The number of carbonyl (C=O) groups excluding carboxylic acids is 1. The van der Waals surface area contributed by atoms with Crippen molar-refractivity contribution in [3.05, 3.63) is 24.3 Å². The van der Waals surface area contributed by atoms with Crippen LogP contribution in [0.2, 0.25) is 0 Å². The summed E-state index contributed by atoms with van der Waals surface area (Å²) in [5.74, 6) is 1.55. The van der Waals surface area contributed by atoms with Crippen molar-refractivity contribution in [3.63, 3.8) is 0 Å². The Morgan fingerprint density at radius 2 is 1.92 bits per heavy atom. The molecule has 0 radical (unpaired) electrons. The monoisotopic (exact) mass is 348 g/mol. The lowest BCUT2D eigenvalue weighted by Crippen LogP contribution is -2.41. The number of hydrogen-bond donors (Lipinski definition) is 1. The highest BCUT2D eigenvalue weighted by molar-refractivity contribution is 5.97. The standard InChI is InChI=1S/C20H32N2O3/c1-5-20(3,24-4)19(23)21-17-6-8-18(9-7-17)25-15-14-22-12-10-16(2)11-13-22/h6-9,16H,5,10-15H2,1-4H3,(H,21,23). The van der Waals surface area contributed by atoms with Gasteiger partial charge in [-0.25, -0.2) is 0 Å². The molecule has 25 heavy (non-hydrogen) atoms. The van der Waals surface area contributed by atoms with Gasteiger partial charge in [-0.15, -0.1) is 0 Å². The highest BCUT2D eigenvalue weighted by Gasteiger charge is 2.30. The number of nitrogens with one attached hydrogen (secondary N) is 1. The van der Waals surface area contributed by atoms with Crippen molar-refractivity contribution in [1.82, 2.24) is 4.90 Å². The molecule has 1 atom stereocenters. The molecule has 2 rings (SSSR count).